The van der Waals surface area contributed by atoms with Crippen LogP contribution >= 0.6 is 11.6 Å². The fraction of sp³-hybridized carbons (Fsp3) is 0.143. The van der Waals surface area contributed by atoms with Crippen molar-refractivity contribution < 1.29 is 0 Å². The van der Waals surface area contributed by atoms with E-state index in [0.29, 0.717) is 10.7 Å². The summed E-state index contributed by atoms with van der Waals surface area (Å²) < 4.78 is 0. The first-order chi connectivity index (χ1) is 9.22. The van der Waals surface area contributed by atoms with E-state index in [2.05, 4.69) is 20.4 Å². The lowest BCUT2D eigenvalue weighted by Gasteiger charge is -2.25. The number of allylic oxidation sites excluding steroid dienone is 2. The van der Waals surface area contributed by atoms with Crippen molar-refractivity contribution in [3.63, 3.8) is 0 Å². The van der Waals surface area contributed by atoms with Crippen molar-refractivity contribution in [2.45, 2.75) is 12.8 Å². The van der Waals surface area contributed by atoms with E-state index in [4.69, 9.17) is 18.2 Å². The highest BCUT2D eigenvalue weighted by Crippen LogP contribution is 2.43. The predicted molar refractivity (Wildman–Crippen MR) is 74.8 cm³/mol. The van der Waals surface area contributed by atoms with Crippen molar-refractivity contribution in [3.05, 3.63) is 69.4 Å². The van der Waals surface area contributed by atoms with E-state index < -0.39 is 0 Å². The van der Waals surface area contributed by atoms with Crippen LogP contribution < -0.4 is 5.32 Å². The summed E-state index contributed by atoms with van der Waals surface area (Å²) in [6.07, 6.45) is 1.74. The van der Waals surface area contributed by atoms with E-state index in [9.17, 15) is 0 Å². The number of halogens is 1. The van der Waals surface area contributed by atoms with E-state index in [-0.39, 0.29) is 5.92 Å². The fourth-order valence-electron chi connectivity index (χ4n) is 2.40. The average Bonchev–Trinajstić information content (AvgIpc) is 2.85. The lowest BCUT2D eigenvalue weighted by atomic mass is 9.87. The van der Waals surface area contributed by atoms with Gasteiger partial charge >= 0.3 is 0 Å². The summed E-state index contributed by atoms with van der Waals surface area (Å²) in [5, 5.41) is 10.8. The molecule has 4 nitrogen and oxygen atoms in total. The molecule has 1 unspecified atom stereocenters. The van der Waals surface area contributed by atoms with E-state index in [1.165, 1.54) is 0 Å². The number of rotatable bonds is 1. The van der Waals surface area contributed by atoms with Gasteiger partial charge in [-0.05, 0) is 18.6 Å². The quantitative estimate of drug-likeness (QED) is 0.775. The molecule has 1 aliphatic rings. The van der Waals surface area contributed by atoms with Gasteiger partial charge in [0.05, 0.1) is 18.7 Å². The minimum atomic E-state index is -0.166. The molecule has 1 aromatic heterocycles. The summed E-state index contributed by atoms with van der Waals surface area (Å²) in [6, 6.07) is 7.61. The molecular formula is C14H11ClN4. The zero-order valence-corrected chi connectivity index (χ0v) is 11.0. The Kier molecular flexibility index (Phi) is 2.77. The number of nitrogens with zero attached hydrogens (tertiary/aromatic N) is 2. The Labute approximate surface area is 115 Å². The van der Waals surface area contributed by atoms with Crippen molar-refractivity contribution in [1.29, 1.82) is 0 Å². The molecule has 0 bridgehead atoms. The van der Waals surface area contributed by atoms with Crippen LogP contribution in [0.5, 0.6) is 0 Å². The number of aromatic amines is 1. The Morgan fingerprint density at radius 1 is 1.32 bits per heavy atom. The van der Waals surface area contributed by atoms with Gasteiger partial charge in [-0.3, -0.25) is 5.10 Å². The van der Waals surface area contributed by atoms with E-state index in [0.717, 1.165) is 22.6 Å². The Morgan fingerprint density at radius 3 is 2.84 bits per heavy atom. The minimum Gasteiger partial charge on any atom is -0.354 e. The van der Waals surface area contributed by atoms with Crippen molar-refractivity contribution in [1.82, 2.24) is 10.2 Å². The Bertz CT molecular complexity index is 708. The van der Waals surface area contributed by atoms with Crippen molar-refractivity contribution in [3.8, 4) is 0 Å². The normalized spacial score (nSPS) is 17.6. The second-order valence-corrected chi connectivity index (χ2v) is 4.81. The van der Waals surface area contributed by atoms with Crippen molar-refractivity contribution in [2.75, 3.05) is 5.32 Å². The molecule has 0 spiro atoms. The number of hydrogen-bond donors (Lipinski definition) is 2. The lowest BCUT2D eigenvalue weighted by Crippen LogP contribution is -2.15. The number of H-pyrrole nitrogens is 1. The Hall–Kier alpha value is -2.25. The predicted octanol–water partition coefficient (Wildman–Crippen LogP) is 3.77. The molecular weight excluding hydrogens is 260 g/mol. The van der Waals surface area contributed by atoms with Crippen LogP contribution in [-0.4, -0.2) is 10.2 Å². The molecule has 1 atom stereocenters. The number of nitrogens with one attached hydrogen (secondary N) is 2. The largest absolute Gasteiger partial charge is 0.354 e. The standard InChI is InChI=1S/C14H11ClN4/c1-8-13(16-2)12(9-5-3-4-6-11(9)15)10-7-17-19-14(10)18-8/h3-7,12H,1H3,(H2,17,18,19). The number of hydrogen-bond acceptors (Lipinski definition) is 2. The zero-order valence-electron chi connectivity index (χ0n) is 10.2. The van der Waals surface area contributed by atoms with Gasteiger partial charge in [0.25, 0.3) is 0 Å². The van der Waals surface area contributed by atoms with Gasteiger partial charge in [-0.1, -0.05) is 29.8 Å². The highest BCUT2D eigenvalue weighted by atomic mass is 35.5. The maximum absolute atomic E-state index is 7.43. The highest BCUT2D eigenvalue weighted by Gasteiger charge is 2.31. The maximum Gasteiger partial charge on any atom is 0.195 e. The molecule has 0 radical (unpaired) electrons. The second kappa shape index (κ2) is 4.45. The molecule has 0 saturated heterocycles. The SMILES string of the molecule is [C-]#[N+]C1=C(C)Nc2[nH]ncc2C1c1ccccc1Cl. The molecule has 1 aromatic carbocycles. The molecule has 2 heterocycles. The number of aromatic nitrogens is 2. The number of benzene rings is 1. The Balaban J connectivity index is 2.24. The third-order valence-corrected chi connectivity index (χ3v) is 3.63. The van der Waals surface area contributed by atoms with Crippen molar-refractivity contribution in [2.24, 2.45) is 0 Å². The molecule has 94 valence electrons. The van der Waals surface area contributed by atoms with E-state index in [1.54, 1.807) is 6.20 Å². The molecule has 0 saturated carbocycles. The summed E-state index contributed by atoms with van der Waals surface area (Å²) in [5.74, 6) is 0.663. The van der Waals surface area contributed by atoms with E-state index in [1.807, 2.05) is 31.2 Å². The molecule has 0 amide bonds. The van der Waals surface area contributed by atoms with Gasteiger partial charge in [0.15, 0.2) is 5.70 Å². The Morgan fingerprint density at radius 2 is 2.11 bits per heavy atom. The number of anilines is 1. The molecule has 2 N–H and O–H groups in total. The summed E-state index contributed by atoms with van der Waals surface area (Å²) in [4.78, 5) is 3.67. The molecule has 0 fully saturated rings. The second-order valence-electron chi connectivity index (χ2n) is 4.40. The van der Waals surface area contributed by atoms with Crippen LogP contribution in [0, 0.1) is 6.57 Å². The summed E-state index contributed by atoms with van der Waals surface area (Å²) in [7, 11) is 0. The van der Waals surface area contributed by atoms with Gasteiger partial charge in [-0.15, -0.1) is 0 Å². The summed E-state index contributed by atoms with van der Waals surface area (Å²) >= 11 is 6.28. The van der Waals surface area contributed by atoms with Crippen LogP contribution in [0.4, 0.5) is 5.82 Å². The lowest BCUT2D eigenvalue weighted by molar-refractivity contribution is 0.933. The van der Waals surface area contributed by atoms with Crippen LogP contribution in [0.25, 0.3) is 4.85 Å². The van der Waals surface area contributed by atoms with E-state index >= 15 is 0 Å². The van der Waals surface area contributed by atoms with Gasteiger partial charge in [0.2, 0.25) is 0 Å². The smallest absolute Gasteiger partial charge is 0.195 e. The van der Waals surface area contributed by atoms with Crippen LogP contribution in [0.1, 0.15) is 24.0 Å². The first-order valence-electron chi connectivity index (χ1n) is 5.85. The third kappa shape index (κ3) is 1.79. The molecule has 1 aliphatic heterocycles. The van der Waals surface area contributed by atoms with Crippen LogP contribution in [-0.2, 0) is 0 Å². The van der Waals surface area contributed by atoms with Gasteiger partial charge in [-0.25, -0.2) is 4.85 Å². The zero-order chi connectivity index (χ0) is 13.4. The molecule has 2 aromatic rings. The highest BCUT2D eigenvalue weighted by molar-refractivity contribution is 6.31. The first kappa shape index (κ1) is 11.8. The molecule has 19 heavy (non-hydrogen) atoms. The summed E-state index contributed by atoms with van der Waals surface area (Å²) in [5.41, 5.74) is 3.36. The van der Waals surface area contributed by atoms with Crippen molar-refractivity contribution >= 4 is 17.4 Å². The van der Waals surface area contributed by atoms with Crippen LogP contribution in [0.15, 0.2) is 41.9 Å². The third-order valence-electron chi connectivity index (χ3n) is 3.29. The maximum atomic E-state index is 7.43. The van der Waals surface area contributed by atoms with Gasteiger partial charge < -0.3 is 5.32 Å². The molecule has 0 aliphatic carbocycles. The minimum absolute atomic E-state index is 0.166. The van der Waals surface area contributed by atoms with Crippen LogP contribution in [0.2, 0.25) is 5.02 Å². The van der Waals surface area contributed by atoms with Gasteiger partial charge in [0.1, 0.15) is 5.82 Å². The molecule has 5 heteroatoms. The topological polar surface area (TPSA) is 45.1 Å². The monoisotopic (exact) mass is 270 g/mol. The average molecular weight is 271 g/mol. The fourth-order valence-corrected chi connectivity index (χ4v) is 2.65. The first-order valence-corrected chi connectivity index (χ1v) is 6.23. The molecule has 3 rings (SSSR count). The number of fused-ring (bicyclic) bond motifs is 1. The van der Waals surface area contributed by atoms with Gasteiger partial charge in [-0.2, -0.15) is 5.10 Å². The van der Waals surface area contributed by atoms with Crippen LogP contribution in [0.3, 0.4) is 0 Å². The summed E-state index contributed by atoms with van der Waals surface area (Å²) in [6.45, 7) is 9.32. The van der Waals surface area contributed by atoms with Gasteiger partial charge in [0, 0.05) is 16.3 Å².